The van der Waals surface area contributed by atoms with Gasteiger partial charge in [-0.05, 0) is 57.4 Å². The van der Waals surface area contributed by atoms with Crippen LogP contribution in [0.15, 0.2) is 42.7 Å². The number of likely N-dealkylation sites (tertiary alicyclic amines) is 1. The molecule has 1 N–H and O–H groups in total. The van der Waals surface area contributed by atoms with Crippen LogP contribution in [-0.4, -0.2) is 45.4 Å². The zero-order chi connectivity index (χ0) is 20.1. The van der Waals surface area contributed by atoms with Gasteiger partial charge in [0.2, 0.25) is 5.91 Å². The first kappa shape index (κ1) is 19.9. The fourth-order valence-corrected chi connectivity index (χ4v) is 3.26. The molecule has 0 spiro atoms. The molecular weight excluding hydrogens is 356 g/mol. The number of ether oxygens (including phenoxy) is 1. The number of carbonyl (C=O) groups excluding carboxylic acids is 2. The summed E-state index contributed by atoms with van der Waals surface area (Å²) in [4.78, 5) is 26.7. The molecule has 1 atom stereocenters. The first-order chi connectivity index (χ1) is 13.3. The quantitative estimate of drug-likeness (QED) is 0.875. The summed E-state index contributed by atoms with van der Waals surface area (Å²) in [6, 6.07) is 9.63. The number of anilines is 1. The third-order valence-electron chi connectivity index (χ3n) is 4.54. The van der Waals surface area contributed by atoms with Crippen LogP contribution in [0.5, 0.6) is 0 Å². The number of amides is 2. The van der Waals surface area contributed by atoms with Gasteiger partial charge in [0.1, 0.15) is 5.60 Å². The molecule has 0 bridgehead atoms. The average Bonchev–Trinajstić information content (AvgIpc) is 3.14. The zero-order valence-electron chi connectivity index (χ0n) is 16.7. The second-order valence-electron chi connectivity index (χ2n) is 8.16. The molecule has 0 aliphatic carbocycles. The molecule has 1 fully saturated rings. The Morgan fingerprint density at radius 3 is 2.82 bits per heavy atom. The Hall–Kier alpha value is -2.83. The van der Waals surface area contributed by atoms with Crippen LogP contribution in [0.25, 0.3) is 0 Å². The highest BCUT2D eigenvalue weighted by atomic mass is 16.6. The molecular formula is C21H28N4O3. The molecule has 3 rings (SSSR count). The van der Waals surface area contributed by atoms with E-state index in [4.69, 9.17) is 4.74 Å². The van der Waals surface area contributed by atoms with Gasteiger partial charge in [0.05, 0.1) is 12.5 Å². The molecule has 7 nitrogen and oxygen atoms in total. The lowest BCUT2D eigenvalue weighted by Crippen LogP contribution is -2.45. The Morgan fingerprint density at radius 1 is 1.29 bits per heavy atom. The van der Waals surface area contributed by atoms with Gasteiger partial charge in [0, 0.05) is 31.2 Å². The van der Waals surface area contributed by atoms with Gasteiger partial charge in [-0.3, -0.25) is 9.48 Å². The van der Waals surface area contributed by atoms with Crippen LogP contribution in [0.3, 0.4) is 0 Å². The second-order valence-corrected chi connectivity index (χ2v) is 8.16. The van der Waals surface area contributed by atoms with Crippen LogP contribution >= 0.6 is 0 Å². The van der Waals surface area contributed by atoms with Gasteiger partial charge in [-0.25, -0.2) is 4.79 Å². The summed E-state index contributed by atoms with van der Waals surface area (Å²) >= 11 is 0. The summed E-state index contributed by atoms with van der Waals surface area (Å²) in [5.41, 5.74) is 1.27. The van der Waals surface area contributed by atoms with Crippen LogP contribution in [0.2, 0.25) is 0 Å². The van der Waals surface area contributed by atoms with Crippen molar-refractivity contribution in [3.05, 3.63) is 48.3 Å². The number of carbonyl (C=O) groups is 2. The minimum atomic E-state index is -0.540. The Bertz CT molecular complexity index is 811. The summed E-state index contributed by atoms with van der Waals surface area (Å²) in [6.07, 6.45) is 4.84. The van der Waals surface area contributed by atoms with Gasteiger partial charge < -0.3 is 15.0 Å². The predicted molar refractivity (Wildman–Crippen MR) is 107 cm³/mol. The van der Waals surface area contributed by atoms with E-state index in [0.29, 0.717) is 19.6 Å². The Balaban J connectivity index is 1.59. The molecule has 0 saturated carbocycles. The average molecular weight is 384 g/mol. The highest BCUT2D eigenvalue weighted by Gasteiger charge is 2.31. The number of hydrogen-bond donors (Lipinski definition) is 1. The summed E-state index contributed by atoms with van der Waals surface area (Å²) in [5, 5.41) is 7.20. The fourth-order valence-electron chi connectivity index (χ4n) is 3.26. The molecule has 2 heterocycles. The number of nitrogens with zero attached hydrogens (tertiary/aromatic N) is 3. The van der Waals surface area contributed by atoms with E-state index >= 15 is 0 Å². The van der Waals surface area contributed by atoms with Crippen LogP contribution in [0.4, 0.5) is 10.5 Å². The molecule has 1 aromatic carbocycles. The monoisotopic (exact) mass is 384 g/mol. The number of nitrogens with one attached hydrogen (secondary N) is 1. The van der Waals surface area contributed by atoms with Gasteiger partial charge in [-0.2, -0.15) is 5.10 Å². The maximum absolute atomic E-state index is 12.7. The van der Waals surface area contributed by atoms with Crippen molar-refractivity contribution in [3.63, 3.8) is 0 Å². The van der Waals surface area contributed by atoms with Crippen molar-refractivity contribution in [2.75, 3.05) is 18.4 Å². The van der Waals surface area contributed by atoms with E-state index in [-0.39, 0.29) is 17.9 Å². The van der Waals surface area contributed by atoms with Crippen molar-refractivity contribution < 1.29 is 14.3 Å². The molecule has 0 radical (unpaired) electrons. The normalized spacial score (nSPS) is 17.2. The third-order valence-corrected chi connectivity index (χ3v) is 4.54. The number of benzene rings is 1. The SMILES string of the molecule is CC(C)(C)OC(=O)N1CCCC(C(=O)Nc2cccc(Cn3cccn3)c2)C1. The van der Waals surface area contributed by atoms with Crippen LogP contribution in [-0.2, 0) is 16.1 Å². The molecule has 1 saturated heterocycles. The van der Waals surface area contributed by atoms with Crippen molar-refractivity contribution >= 4 is 17.7 Å². The van der Waals surface area contributed by atoms with Crippen LogP contribution in [0.1, 0.15) is 39.2 Å². The first-order valence-corrected chi connectivity index (χ1v) is 9.65. The standard InChI is InChI=1S/C21H28N4O3/c1-21(2,3)28-20(27)24-11-5-8-17(15-24)19(26)23-18-9-4-7-16(13-18)14-25-12-6-10-22-25/h4,6-7,9-10,12-13,17H,5,8,11,14-15H2,1-3H3,(H,23,26). The second kappa shape index (κ2) is 8.46. The lowest BCUT2D eigenvalue weighted by molar-refractivity contribution is -0.121. The maximum atomic E-state index is 12.7. The Morgan fingerprint density at radius 2 is 2.11 bits per heavy atom. The molecule has 28 heavy (non-hydrogen) atoms. The van der Waals surface area contributed by atoms with Crippen molar-refractivity contribution in [1.29, 1.82) is 0 Å². The van der Waals surface area contributed by atoms with E-state index in [0.717, 1.165) is 24.1 Å². The number of piperidine rings is 1. The highest BCUT2D eigenvalue weighted by Crippen LogP contribution is 2.21. The van der Waals surface area contributed by atoms with Gasteiger partial charge >= 0.3 is 6.09 Å². The zero-order valence-corrected chi connectivity index (χ0v) is 16.7. The van der Waals surface area contributed by atoms with E-state index in [2.05, 4.69) is 10.4 Å². The molecule has 1 aromatic heterocycles. The number of aromatic nitrogens is 2. The van der Waals surface area contributed by atoms with Gasteiger partial charge in [0.25, 0.3) is 0 Å². The smallest absolute Gasteiger partial charge is 0.410 e. The van der Waals surface area contributed by atoms with Gasteiger partial charge in [-0.1, -0.05) is 12.1 Å². The molecule has 7 heteroatoms. The van der Waals surface area contributed by atoms with Crippen molar-refractivity contribution in [3.8, 4) is 0 Å². The van der Waals surface area contributed by atoms with Crippen molar-refractivity contribution in [2.45, 2.75) is 45.8 Å². The minimum absolute atomic E-state index is 0.0653. The van der Waals surface area contributed by atoms with Gasteiger partial charge in [-0.15, -0.1) is 0 Å². The van der Waals surface area contributed by atoms with Gasteiger partial charge in [0.15, 0.2) is 0 Å². The first-order valence-electron chi connectivity index (χ1n) is 9.65. The fraction of sp³-hybridized carbons (Fsp3) is 0.476. The topological polar surface area (TPSA) is 76.5 Å². The Kier molecular flexibility index (Phi) is 6.02. The predicted octanol–water partition coefficient (Wildman–Crippen LogP) is 3.52. The molecule has 2 aromatic rings. The van der Waals surface area contributed by atoms with E-state index < -0.39 is 5.60 Å². The molecule has 1 aliphatic rings. The van der Waals surface area contributed by atoms with E-state index in [9.17, 15) is 9.59 Å². The van der Waals surface area contributed by atoms with Crippen LogP contribution in [0, 0.1) is 5.92 Å². The van der Waals surface area contributed by atoms with Crippen LogP contribution < -0.4 is 5.32 Å². The molecule has 1 unspecified atom stereocenters. The largest absolute Gasteiger partial charge is 0.444 e. The molecule has 1 aliphatic heterocycles. The van der Waals surface area contributed by atoms with Crippen molar-refractivity contribution in [1.82, 2.24) is 14.7 Å². The molecule has 150 valence electrons. The highest BCUT2D eigenvalue weighted by molar-refractivity contribution is 5.93. The molecule has 2 amide bonds. The minimum Gasteiger partial charge on any atom is -0.444 e. The maximum Gasteiger partial charge on any atom is 0.410 e. The Labute approximate surface area is 165 Å². The van der Waals surface area contributed by atoms with E-state index in [1.807, 2.05) is 62.0 Å². The number of hydrogen-bond acceptors (Lipinski definition) is 4. The summed E-state index contributed by atoms with van der Waals surface area (Å²) < 4.78 is 7.27. The van der Waals surface area contributed by atoms with Crippen molar-refractivity contribution in [2.24, 2.45) is 5.92 Å². The summed E-state index contributed by atoms with van der Waals surface area (Å²) in [7, 11) is 0. The van der Waals surface area contributed by atoms with E-state index in [1.165, 1.54) is 0 Å². The summed E-state index contributed by atoms with van der Waals surface area (Å²) in [5.74, 6) is -0.305. The lowest BCUT2D eigenvalue weighted by atomic mass is 9.97. The number of rotatable bonds is 4. The third kappa shape index (κ3) is 5.58. The van der Waals surface area contributed by atoms with E-state index in [1.54, 1.807) is 11.1 Å². The summed E-state index contributed by atoms with van der Waals surface area (Å²) in [6.45, 7) is 7.18. The lowest BCUT2D eigenvalue weighted by Gasteiger charge is -2.33.